The van der Waals surface area contributed by atoms with E-state index in [4.69, 9.17) is 5.73 Å². The van der Waals surface area contributed by atoms with E-state index in [1.807, 2.05) is 18.2 Å². The van der Waals surface area contributed by atoms with Crippen LogP contribution in [-0.4, -0.2) is 0 Å². The van der Waals surface area contributed by atoms with Gasteiger partial charge in [0.25, 0.3) is 0 Å². The first-order valence-corrected chi connectivity index (χ1v) is 4.38. The molecule has 0 saturated carbocycles. The van der Waals surface area contributed by atoms with Gasteiger partial charge >= 0.3 is 0 Å². The van der Waals surface area contributed by atoms with Crippen LogP contribution in [0, 0.1) is 6.92 Å². The second-order valence-electron chi connectivity index (χ2n) is 3.11. The van der Waals surface area contributed by atoms with Crippen molar-refractivity contribution in [1.29, 1.82) is 0 Å². The molecule has 1 nitrogen and oxygen atoms in total. The van der Waals surface area contributed by atoms with Crippen molar-refractivity contribution in [2.24, 2.45) is 0 Å². The maximum absolute atomic E-state index is 5.90. The molecule has 2 rings (SSSR count). The van der Waals surface area contributed by atoms with E-state index in [0.717, 1.165) is 17.5 Å². The van der Waals surface area contributed by atoms with E-state index in [0.29, 0.717) is 0 Å². The summed E-state index contributed by atoms with van der Waals surface area (Å²) in [4.78, 5) is 0. The number of nitrogens with two attached hydrogens (primary N) is 1. The average Bonchev–Trinajstić information content (AvgIpc) is 2.17. The van der Waals surface area contributed by atoms with Crippen molar-refractivity contribution in [2.45, 2.75) is 6.42 Å². The van der Waals surface area contributed by atoms with E-state index in [2.05, 4.69) is 25.1 Å². The first-order valence-electron chi connectivity index (χ1n) is 4.38. The molecule has 2 aromatic carbocycles. The predicted molar refractivity (Wildman–Crippen MR) is 57.4 cm³/mol. The van der Waals surface area contributed by atoms with Crippen molar-refractivity contribution in [2.75, 3.05) is 5.73 Å². The third-order valence-corrected chi connectivity index (χ3v) is 2.29. The Hall–Kier alpha value is -0.396. The smallest absolute Gasteiger partial charge is 0.0395 e. The summed E-state index contributed by atoms with van der Waals surface area (Å²) in [7, 11) is 0. The van der Waals surface area contributed by atoms with Gasteiger partial charge in [-0.1, -0.05) is 35.9 Å². The molecule has 0 aliphatic rings. The molecule has 2 aromatic rings. The zero-order valence-electron chi connectivity index (χ0n) is 8.03. The first-order chi connectivity index (χ1) is 6.33. The van der Waals surface area contributed by atoms with Crippen LogP contribution in [0.3, 0.4) is 0 Å². The Kier molecular flexibility index (Phi) is 4.09. The minimum absolute atomic E-state index is 0. The molecule has 0 unspecified atom stereocenters. The van der Waals surface area contributed by atoms with E-state index >= 15 is 0 Å². The van der Waals surface area contributed by atoms with Crippen molar-refractivity contribution in [3.05, 3.63) is 48.9 Å². The van der Waals surface area contributed by atoms with E-state index < -0.39 is 0 Å². The molecule has 0 aliphatic heterocycles. The number of hydrogen-bond acceptors (Lipinski definition) is 1. The van der Waals surface area contributed by atoms with E-state index in [9.17, 15) is 0 Å². The Bertz CT molecular complexity index is 432. The summed E-state index contributed by atoms with van der Waals surface area (Å²) >= 11 is 0. The second-order valence-corrected chi connectivity index (χ2v) is 3.11. The molecule has 2 N–H and O–H groups in total. The number of fused-ring (bicyclic) bond motifs is 1. The molecule has 0 heterocycles. The fourth-order valence-corrected chi connectivity index (χ4v) is 1.66. The van der Waals surface area contributed by atoms with Crippen LogP contribution in [0.4, 0.5) is 5.69 Å². The quantitative estimate of drug-likeness (QED) is 0.618. The number of hydrogen-bond donors (Lipinski definition) is 1. The minimum atomic E-state index is 0. The van der Waals surface area contributed by atoms with E-state index in [-0.39, 0.29) is 32.7 Å². The van der Waals surface area contributed by atoms with Crippen LogP contribution in [0.1, 0.15) is 5.56 Å². The third kappa shape index (κ3) is 1.99. The number of anilines is 1. The van der Waals surface area contributed by atoms with Crippen LogP contribution < -0.4 is 5.73 Å². The fourth-order valence-electron chi connectivity index (χ4n) is 1.66. The zero-order valence-corrected chi connectivity index (χ0v) is 10.9. The largest absolute Gasteiger partial charge is 0.398 e. The van der Waals surface area contributed by atoms with Gasteiger partial charge in [0.2, 0.25) is 0 Å². The zero-order chi connectivity index (χ0) is 9.26. The van der Waals surface area contributed by atoms with Gasteiger partial charge in [0.1, 0.15) is 0 Å². The maximum Gasteiger partial charge on any atom is 0.0395 e. The number of rotatable bonds is 1. The Balaban J connectivity index is 0.000000980. The molecule has 0 spiro atoms. The summed E-state index contributed by atoms with van der Waals surface area (Å²) in [5.74, 6) is 0. The second kappa shape index (κ2) is 4.90. The van der Waals surface area contributed by atoms with Crippen molar-refractivity contribution in [3.63, 3.8) is 0 Å². The molecular weight excluding hydrogens is 247 g/mol. The normalized spacial score (nSPS) is 9.79. The SMILES string of the molecule is [CH2-]Cc1cccc2cccc(N)c12.[Y]. The molecule has 0 bridgehead atoms. The van der Waals surface area contributed by atoms with Gasteiger partial charge in [-0.2, -0.15) is 6.42 Å². The van der Waals surface area contributed by atoms with Crippen LogP contribution in [0.15, 0.2) is 36.4 Å². The van der Waals surface area contributed by atoms with Crippen molar-refractivity contribution in [3.8, 4) is 0 Å². The summed E-state index contributed by atoms with van der Waals surface area (Å²) in [5.41, 5.74) is 7.97. The van der Waals surface area contributed by atoms with Crippen molar-refractivity contribution in [1.82, 2.24) is 0 Å². The van der Waals surface area contributed by atoms with Crippen LogP contribution in [0.2, 0.25) is 0 Å². The molecule has 14 heavy (non-hydrogen) atoms. The first kappa shape index (κ1) is 11.7. The molecule has 0 saturated heterocycles. The Labute approximate surface area is 110 Å². The topological polar surface area (TPSA) is 26.0 Å². The summed E-state index contributed by atoms with van der Waals surface area (Å²) in [6.45, 7) is 3.89. The molecule has 69 valence electrons. The molecule has 2 heteroatoms. The molecule has 0 amide bonds. The van der Waals surface area contributed by atoms with Gasteiger partial charge in [-0.3, -0.25) is 0 Å². The van der Waals surface area contributed by atoms with Gasteiger partial charge in [0, 0.05) is 43.8 Å². The molecule has 0 aromatic heterocycles. The van der Waals surface area contributed by atoms with Crippen molar-refractivity contribution >= 4 is 16.5 Å². The minimum Gasteiger partial charge on any atom is -0.398 e. The molecule has 1 radical (unpaired) electrons. The van der Waals surface area contributed by atoms with Crippen LogP contribution in [0.25, 0.3) is 10.8 Å². The molecular formula is C12H12NY-. The monoisotopic (exact) mass is 259 g/mol. The average molecular weight is 259 g/mol. The molecule has 0 aliphatic carbocycles. The van der Waals surface area contributed by atoms with Crippen LogP contribution in [0.5, 0.6) is 0 Å². The molecule has 0 fully saturated rings. The van der Waals surface area contributed by atoms with Gasteiger partial charge in [0.05, 0.1) is 0 Å². The van der Waals surface area contributed by atoms with Gasteiger partial charge in [-0.05, 0) is 11.5 Å². The maximum atomic E-state index is 5.90. The van der Waals surface area contributed by atoms with E-state index in [1.54, 1.807) is 0 Å². The number of benzene rings is 2. The van der Waals surface area contributed by atoms with Gasteiger partial charge in [-0.25, -0.2) is 0 Å². The van der Waals surface area contributed by atoms with Crippen molar-refractivity contribution < 1.29 is 32.7 Å². The third-order valence-electron chi connectivity index (χ3n) is 2.29. The fraction of sp³-hybridized carbons (Fsp3) is 0.0833. The molecule has 0 atom stereocenters. The Morgan fingerprint density at radius 2 is 1.71 bits per heavy atom. The van der Waals surface area contributed by atoms with Crippen LogP contribution in [-0.2, 0) is 39.1 Å². The summed E-state index contributed by atoms with van der Waals surface area (Å²) in [6, 6.07) is 12.2. The Morgan fingerprint density at radius 3 is 2.36 bits per heavy atom. The summed E-state index contributed by atoms with van der Waals surface area (Å²) < 4.78 is 0. The number of nitrogen functional groups attached to an aromatic ring is 1. The predicted octanol–water partition coefficient (Wildman–Crippen LogP) is 2.80. The van der Waals surface area contributed by atoms with Crippen LogP contribution >= 0.6 is 0 Å². The summed E-state index contributed by atoms with van der Waals surface area (Å²) in [6.07, 6.45) is 0.783. The van der Waals surface area contributed by atoms with E-state index in [1.165, 1.54) is 10.9 Å². The standard InChI is InChI=1S/C12H12N.Y/c1-2-9-5-3-6-10-7-4-8-11(13)12(9)10;/h3-8H,1-2,13H2;/q-1;. The van der Waals surface area contributed by atoms with Gasteiger partial charge < -0.3 is 12.7 Å². The summed E-state index contributed by atoms with van der Waals surface area (Å²) in [5, 5.41) is 2.35. The van der Waals surface area contributed by atoms with Gasteiger partial charge in [-0.15, -0.1) is 0 Å². The van der Waals surface area contributed by atoms with Gasteiger partial charge in [0.15, 0.2) is 0 Å². The Morgan fingerprint density at radius 1 is 1.07 bits per heavy atom.